The van der Waals surface area contributed by atoms with Crippen LogP contribution < -0.4 is 5.43 Å². The van der Waals surface area contributed by atoms with Crippen molar-refractivity contribution in [2.24, 2.45) is 0 Å². The molecule has 0 radical (unpaired) electrons. The highest BCUT2D eigenvalue weighted by atomic mass is 16.3. The lowest BCUT2D eigenvalue weighted by atomic mass is 10.0. The molecule has 1 aromatic heterocycles. The molecule has 0 bridgehead atoms. The van der Waals surface area contributed by atoms with E-state index in [1.54, 1.807) is 6.92 Å². The molecule has 0 unspecified atom stereocenters. The van der Waals surface area contributed by atoms with Gasteiger partial charge in [0.15, 0.2) is 5.43 Å². The minimum Gasteiger partial charge on any atom is -0.468 e. The molecule has 2 rings (SSSR count). The summed E-state index contributed by atoms with van der Waals surface area (Å²) in [5.74, 6) is 0.664. The summed E-state index contributed by atoms with van der Waals surface area (Å²) in [7, 11) is 0. The second kappa shape index (κ2) is 3.73. The highest BCUT2D eigenvalue weighted by Gasteiger charge is 2.09. The number of hydrogen-bond donors (Lipinski definition) is 0. The van der Waals surface area contributed by atoms with E-state index in [2.05, 4.69) is 0 Å². The van der Waals surface area contributed by atoms with E-state index in [-0.39, 0.29) is 5.43 Å². The lowest BCUT2D eigenvalue weighted by molar-refractivity contribution is 0.513. The molecule has 15 heavy (non-hydrogen) atoms. The van der Waals surface area contributed by atoms with Crippen molar-refractivity contribution >= 4 is 0 Å². The van der Waals surface area contributed by atoms with Crippen LogP contribution in [-0.2, 0) is 0 Å². The Morgan fingerprint density at radius 3 is 2.40 bits per heavy atom. The van der Waals surface area contributed by atoms with Gasteiger partial charge < -0.3 is 4.42 Å². The molecule has 2 heteroatoms. The molecule has 0 amide bonds. The van der Waals surface area contributed by atoms with Gasteiger partial charge in [-0.2, -0.15) is 0 Å². The number of benzene rings is 1. The van der Waals surface area contributed by atoms with Crippen molar-refractivity contribution in [3.05, 3.63) is 58.1 Å². The molecule has 2 aromatic rings. The van der Waals surface area contributed by atoms with Crippen LogP contribution >= 0.6 is 0 Å². The molecule has 0 N–H and O–H groups in total. The summed E-state index contributed by atoms with van der Waals surface area (Å²) in [5, 5.41) is 0. The molecule has 0 aliphatic carbocycles. The highest BCUT2D eigenvalue weighted by Crippen LogP contribution is 2.19. The fourth-order valence-corrected chi connectivity index (χ4v) is 1.59. The third-order valence-corrected chi connectivity index (χ3v) is 2.41. The van der Waals surface area contributed by atoms with Crippen LogP contribution in [0.2, 0.25) is 0 Å². The van der Waals surface area contributed by atoms with Gasteiger partial charge in [-0.05, 0) is 19.4 Å². The summed E-state index contributed by atoms with van der Waals surface area (Å²) in [4.78, 5) is 11.9. The Balaban J connectivity index is 2.73. The van der Waals surface area contributed by atoms with Crippen LogP contribution in [0.15, 0.2) is 45.8 Å². The predicted octanol–water partition coefficient (Wildman–Crippen LogP) is 2.92. The van der Waals surface area contributed by atoms with E-state index in [0.29, 0.717) is 16.9 Å². The van der Waals surface area contributed by atoms with Gasteiger partial charge in [-0.25, -0.2) is 0 Å². The zero-order chi connectivity index (χ0) is 10.8. The van der Waals surface area contributed by atoms with E-state index in [1.807, 2.05) is 37.3 Å². The van der Waals surface area contributed by atoms with Crippen molar-refractivity contribution in [3.8, 4) is 11.1 Å². The first-order valence-electron chi connectivity index (χ1n) is 4.84. The first kappa shape index (κ1) is 9.71. The van der Waals surface area contributed by atoms with Crippen LogP contribution in [0.5, 0.6) is 0 Å². The summed E-state index contributed by atoms with van der Waals surface area (Å²) in [6.07, 6.45) is 1.50. The molecule has 1 aromatic carbocycles. The van der Waals surface area contributed by atoms with Crippen molar-refractivity contribution in [2.45, 2.75) is 13.8 Å². The van der Waals surface area contributed by atoms with E-state index in [9.17, 15) is 4.79 Å². The summed E-state index contributed by atoms with van der Waals surface area (Å²) < 4.78 is 5.32. The van der Waals surface area contributed by atoms with Crippen LogP contribution in [0.25, 0.3) is 11.1 Å². The second-order valence-corrected chi connectivity index (χ2v) is 3.55. The molecular weight excluding hydrogens is 188 g/mol. The van der Waals surface area contributed by atoms with Gasteiger partial charge in [-0.1, -0.05) is 30.3 Å². The second-order valence-electron chi connectivity index (χ2n) is 3.55. The standard InChI is InChI=1S/C13H12O2/c1-9-8-15-10(2)12(13(9)14)11-6-4-3-5-7-11/h3-8H,1-2H3. The maximum atomic E-state index is 11.9. The average molecular weight is 200 g/mol. The van der Waals surface area contributed by atoms with Gasteiger partial charge in [-0.3, -0.25) is 4.79 Å². The maximum absolute atomic E-state index is 11.9. The zero-order valence-electron chi connectivity index (χ0n) is 8.78. The van der Waals surface area contributed by atoms with Gasteiger partial charge in [0.25, 0.3) is 0 Å². The van der Waals surface area contributed by atoms with E-state index < -0.39 is 0 Å². The van der Waals surface area contributed by atoms with Gasteiger partial charge >= 0.3 is 0 Å². The molecule has 0 fully saturated rings. The van der Waals surface area contributed by atoms with E-state index in [4.69, 9.17) is 4.42 Å². The molecule has 0 spiro atoms. The maximum Gasteiger partial charge on any atom is 0.195 e. The van der Waals surface area contributed by atoms with Gasteiger partial charge in [0.05, 0.1) is 11.8 Å². The monoisotopic (exact) mass is 200 g/mol. The third kappa shape index (κ3) is 1.71. The molecule has 0 aliphatic rings. The van der Waals surface area contributed by atoms with Crippen LogP contribution in [0.4, 0.5) is 0 Å². The fourth-order valence-electron chi connectivity index (χ4n) is 1.59. The van der Waals surface area contributed by atoms with Crippen LogP contribution in [-0.4, -0.2) is 0 Å². The SMILES string of the molecule is Cc1occ(C)c(=O)c1-c1ccccc1. The highest BCUT2D eigenvalue weighted by molar-refractivity contribution is 5.65. The Morgan fingerprint density at radius 1 is 1.07 bits per heavy atom. The zero-order valence-corrected chi connectivity index (χ0v) is 8.78. The van der Waals surface area contributed by atoms with Crippen molar-refractivity contribution < 1.29 is 4.42 Å². The summed E-state index contributed by atoms with van der Waals surface area (Å²) in [5.41, 5.74) is 2.26. The molecule has 2 nitrogen and oxygen atoms in total. The van der Waals surface area contributed by atoms with Gasteiger partial charge in [0.1, 0.15) is 5.76 Å². The number of hydrogen-bond acceptors (Lipinski definition) is 2. The molecule has 1 heterocycles. The average Bonchev–Trinajstić information content (AvgIpc) is 2.26. The summed E-state index contributed by atoms with van der Waals surface area (Å²) in [6, 6.07) is 9.58. The minimum absolute atomic E-state index is 0.0463. The van der Waals surface area contributed by atoms with E-state index in [0.717, 1.165) is 5.56 Å². The third-order valence-electron chi connectivity index (χ3n) is 2.41. The topological polar surface area (TPSA) is 30.2 Å². The Kier molecular flexibility index (Phi) is 2.42. The Labute approximate surface area is 88.2 Å². The predicted molar refractivity (Wildman–Crippen MR) is 59.9 cm³/mol. The summed E-state index contributed by atoms with van der Waals surface area (Å²) >= 11 is 0. The Bertz CT molecular complexity index is 524. The molecule has 76 valence electrons. The quantitative estimate of drug-likeness (QED) is 0.708. The van der Waals surface area contributed by atoms with Gasteiger partial charge in [0, 0.05) is 5.56 Å². The summed E-state index contributed by atoms with van der Waals surface area (Å²) in [6.45, 7) is 3.57. The van der Waals surface area contributed by atoms with Crippen molar-refractivity contribution in [1.82, 2.24) is 0 Å². The minimum atomic E-state index is 0.0463. The van der Waals surface area contributed by atoms with Crippen LogP contribution in [0.1, 0.15) is 11.3 Å². The van der Waals surface area contributed by atoms with E-state index in [1.165, 1.54) is 6.26 Å². The fraction of sp³-hybridized carbons (Fsp3) is 0.154. The first-order valence-corrected chi connectivity index (χ1v) is 4.84. The molecule has 0 saturated heterocycles. The molecule has 0 atom stereocenters. The number of aryl methyl sites for hydroxylation is 2. The molecular formula is C13H12O2. The molecule has 0 saturated carbocycles. The van der Waals surface area contributed by atoms with Crippen molar-refractivity contribution in [2.75, 3.05) is 0 Å². The normalized spacial score (nSPS) is 10.3. The Hall–Kier alpha value is -1.83. The lowest BCUT2D eigenvalue weighted by Crippen LogP contribution is -2.09. The smallest absolute Gasteiger partial charge is 0.195 e. The number of rotatable bonds is 1. The van der Waals surface area contributed by atoms with Crippen LogP contribution in [0, 0.1) is 13.8 Å². The van der Waals surface area contributed by atoms with Gasteiger partial charge in [0.2, 0.25) is 0 Å². The largest absolute Gasteiger partial charge is 0.468 e. The van der Waals surface area contributed by atoms with Crippen molar-refractivity contribution in [1.29, 1.82) is 0 Å². The van der Waals surface area contributed by atoms with Crippen LogP contribution in [0.3, 0.4) is 0 Å². The Morgan fingerprint density at radius 2 is 1.73 bits per heavy atom. The first-order chi connectivity index (χ1) is 7.20. The van der Waals surface area contributed by atoms with Gasteiger partial charge in [-0.15, -0.1) is 0 Å². The lowest BCUT2D eigenvalue weighted by Gasteiger charge is -2.04. The molecule has 0 aliphatic heterocycles. The van der Waals surface area contributed by atoms with E-state index >= 15 is 0 Å². The van der Waals surface area contributed by atoms with Crippen molar-refractivity contribution in [3.63, 3.8) is 0 Å².